The molecule has 0 unspecified atom stereocenters. The van der Waals surface area contributed by atoms with E-state index in [9.17, 15) is 18.0 Å². The standard InChI is InChI=1S/C24H20F3N5O2/c1-31-9-8-19-20(13-31)28-14-29-22(19)34-18-5-6-21-15(11-18)7-10-32(21)23(33)30-17-4-2-3-16(12-17)24(25,26)27/h2-7,10-12,14H,8-9,13H2,1H3,(H,30,33). The number of nitrogens with one attached hydrogen (secondary N) is 1. The first kappa shape index (κ1) is 21.9. The van der Waals surface area contributed by atoms with Crippen LogP contribution in [0.3, 0.4) is 0 Å². The molecule has 0 bridgehead atoms. The summed E-state index contributed by atoms with van der Waals surface area (Å²) in [6, 6.07) is 10.9. The summed E-state index contributed by atoms with van der Waals surface area (Å²) < 4.78 is 46.2. The fraction of sp³-hybridized carbons (Fsp3) is 0.208. The zero-order chi connectivity index (χ0) is 23.9. The SMILES string of the molecule is CN1CCc2c(ncnc2Oc2ccc3c(ccn3C(=O)Nc3cccc(C(F)(F)F)c3)c2)C1. The third kappa shape index (κ3) is 4.32. The van der Waals surface area contributed by atoms with Crippen molar-refractivity contribution in [2.75, 3.05) is 18.9 Å². The largest absolute Gasteiger partial charge is 0.439 e. The minimum Gasteiger partial charge on any atom is -0.439 e. The number of alkyl halides is 3. The predicted octanol–water partition coefficient (Wildman–Crippen LogP) is 5.31. The number of hydrogen-bond acceptors (Lipinski definition) is 5. The van der Waals surface area contributed by atoms with Crippen molar-refractivity contribution < 1.29 is 22.7 Å². The van der Waals surface area contributed by atoms with Gasteiger partial charge in [-0.15, -0.1) is 0 Å². The molecule has 0 aliphatic carbocycles. The van der Waals surface area contributed by atoms with Crippen molar-refractivity contribution in [2.24, 2.45) is 0 Å². The molecule has 7 nitrogen and oxygen atoms in total. The maximum atomic E-state index is 13.0. The Bertz CT molecular complexity index is 1380. The molecule has 5 rings (SSSR count). The van der Waals surface area contributed by atoms with Crippen molar-refractivity contribution in [3.63, 3.8) is 0 Å². The Labute approximate surface area is 192 Å². The van der Waals surface area contributed by atoms with Crippen LogP contribution in [0.5, 0.6) is 11.6 Å². The lowest BCUT2D eigenvalue weighted by molar-refractivity contribution is -0.137. The summed E-state index contributed by atoms with van der Waals surface area (Å²) in [6.07, 6.45) is -0.660. The molecule has 2 aromatic carbocycles. The third-order valence-electron chi connectivity index (χ3n) is 5.69. The Morgan fingerprint density at radius 1 is 1.12 bits per heavy atom. The number of likely N-dealkylation sites (N-methyl/N-ethyl adjacent to an activating group) is 1. The Morgan fingerprint density at radius 2 is 1.97 bits per heavy atom. The number of benzene rings is 2. The zero-order valence-electron chi connectivity index (χ0n) is 18.1. The third-order valence-corrected chi connectivity index (χ3v) is 5.69. The number of anilines is 1. The second-order valence-corrected chi connectivity index (χ2v) is 8.11. The second-order valence-electron chi connectivity index (χ2n) is 8.11. The molecule has 0 fully saturated rings. The summed E-state index contributed by atoms with van der Waals surface area (Å²) in [5.74, 6) is 1.07. The van der Waals surface area contributed by atoms with E-state index in [-0.39, 0.29) is 5.69 Å². The van der Waals surface area contributed by atoms with Gasteiger partial charge in [0.25, 0.3) is 0 Å². The molecule has 0 atom stereocenters. The molecule has 4 aromatic rings. The lowest BCUT2D eigenvalue weighted by Crippen LogP contribution is -2.27. The van der Waals surface area contributed by atoms with E-state index < -0.39 is 17.8 Å². The lowest BCUT2D eigenvalue weighted by Gasteiger charge is -2.24. The number of amides is 1. The van der Waals surface area contributed by atoms with E-state index >= 15 is 0 Å². The van der Waals surface area contributed by atoms with Gasteiger partial charge in [-0.25, -0.2) is 14.8 Å². The van der Waals surface area contributed by atoms with Crippen molar-refractivity contribution in [3.05, 3.63) is 77.9 Å². The fourth-order valence-corrected chi connectivity index (χ4v) is 3.97. The first-order valence-corrected chi connectivity index (χ1v) is 10.6. The Kier molecular flexibility index (Phi) is 5.45. The van der Waals surface area contributed by atoms with Gasteiger partial charge in [0.05, 0.1) is 16.8 Å². The van der Waals surface area contributed by atoms with Crippen molar-refractivity contribution in [2.45, 2.75) is 19.1 Å². The van der Waals surface area contributed by atoms with Crippen LogP contribution in [0.15, 0.2) is 61.1 Å². The van der Waals surface area contributed by atoms with E-state index in [0.29, 0.717) is 17.1 Å². The summed E-state index contributed by atoms with van der Waals surface area (Å²) in [5.41, 5.74) is 1.74. The average molecular weight is 467 g/mol. The Hall–Kier alpha value is -3.92. The number of hydrogen-bond donors (Lipinski definition) is 1. The van der Waals surface area contributed by atoms with Gasteiger partial charge in [-0.05, 0) is 55.9 Å². The van der Waals surface area contributed by atoms with Crippen LogP contribution >= 0.6 is 0 Å². The second kappa shape index (κ2) is 8.45. The molecular weight excluding hydrogens is 447 g/mol. The first-order valence-electron chi connectivity index (χ1n) is 10.6. The van der Waals surface area contributed by atoms with Gasteiger partial charge in [0.2, 0.25) is 5.88 Å². The van der Waals surface area contributed by atoms with E-state index in [0.717, 1.165) is 48.3 Å². The predicted molar refractivity (Wildman–Crippen MR) is 120 cm³/mol. The molecule has 10 heteroatoms. The Balaban J connectivity index is 1.37. The summed E-state index contributed by atoms with van der Waals surface area (Å²) >= 11 is 0. The van der Waals surface area contributed by atoms with Crippen molar-refractivity contribution >= 4 is 22.6 Å². The van der Waals surface area contributed by atoms with Gasteiger partial charge < -0.3 is 15.0 Å². The monoisotopic (exact) mass is 467 g/mol. The molecule has 0 saturated carbocycles. The molecule has 1 N–H and O–H groups in total. The van der Waals surface area contributed by atoms with Gasteiger partial charge in [0.15, 0.2) is 0 Å². The quantitative estimate of drug-likeness (QED) is 0.442. The number of carbonyl (C=O) groups excluding carboxylic acids is 1. The van der Waals surface area contributed by atoms with Gasteiger partial charge in [0, 0.05) is 35.9 Å². The molecule has 0 saturated heterocycles. The van der Waals surface area contributed by atoms with Crippen molar-refractivity contribution in [1.82, 2.24) is 19.4 Å². The van der Waals surface area contributed by atoms with E-state index in [1.54, 1.807) is 30.5 Å². The van der Waals surface area contributed by atoms with Crippen LogP contribution in [0.4, 0.5) is 23.7 Å². The van der Waals surface area contributed by atoms with Gasteiger partial charge in [-0.1, -0.05) is 6.07 Å². The zero-order valence-corrected chi connectivity index (χ0v) is 18.1. The van der Waals surface area contributed by atoms with Crippen LogP contribution in [0.25, 0.3) is 10.9 Å². The molecule has 0 radical (unpaired) electrons. The van der Waals surface area contributed by atoms with Crippen LogP contribution < -0.4 is 10.1 Å². The highest BCUT2D eigenvalue weighted by Gasteiger charge is 2.30. The molecule has 34 heavy (non-hydrogen) atoms. The van der Waals surface area contributed by atoms with Gasteiger partial charge in [-0.3, -0.25) is 4.57 Å². The molecule has 3 heterocycles. The maximum absolute atomic E-state index is 13.0. The number of nitrogens with zero attached hydrogens (tertiary/aromatic N) is 4. The van der Waals surface area contributed by atoms with Crippen LogP contribution in [0.1, 0.15) is 16.8 Å². The molecule has 0 spiro atoms. The summed E-state index contributed by atoms with van der Waals surface area (Å²) in [4.78, 5) is 23.6. The summed E-state index contributed by atoms with van der Waals surface area (Å²) in [5, 5.41) is 3.25. The molecular formula is C24H20F3N5O2. The normalized spacial score (nSPS) is 14.1. The molecule has 2 aromatic heterocycles. The highest BCUT2D eigenvalue weighted by Crippen LogP contribution is 2.32. The maximum Gasteiger partial charge on any atom is 0.416 e. The van der Waals surface area contributed by atoms with Gasteiger partial charge in [-0.2, -0.15) is 13.2 Å². The number of ether oxygens (including phenoxy) is 1. The summed E-state index contributed by atoms with van der Waals surface area (Å²) in [6.45, 7) is 1.62. The smallest absolute Gasteiger partial charge is 0.416 e. The summed E-state index contributed by atoms with van der Waals surface area (Å²) in [7, 11) is 2.04. The van der Waals surface area contributed by atoms with Crippen LogP contribution in [-0.2, 0) is 19.1 Å². The molecule has 174 valence electrons. The van der Waals surface area contributed by atoms with E-state index in [4.69, 9.17) is 4.74 Å². The van der Waals surface area contributed by atoms with Gasteiger partial charge in [0.1, 0.15) is 12.1 Å². The number of halogens is 3. The minimum absolute atomic E-state index is 0.0563. The van der Waals surface area contributed by atoms with Crippen LogP contribution in [0, 0.1) is 0 Å². The van der Waals surface area contributed by atoms with Crippen molar-refractivity contribution in [3.8, 4) is 11.6 Å². The van der Waals surface area contributed by atoms with Gasteiger partial charge >= 0.3 is 12.2 Å². The van der Waals surface area contributed by atoms with E-state index in [2.05, 4.69) is 20.2 Å². The Morgan fingerprint density at radius 3 is 2.79 bits per heavy atom. The highest BCUT2D eigenvalue weighted by atomic mass is 19.4. The molecule has 1 aliphatic rings. The number of carbonyl (C=O) groups is 1. The minimum atomic E-state index is -4.49. The fourth-order valence-electron chi connectivity index (χ4n) is 3.97. The van der Waals surface area contributed by atoms with E-state index in [1.165, 1.54) is 23.0 Å². The number of rotatable bonds is 3. The number of fused-ring (bicyclic) bond motifs is 2. The van der Waals surface area contributed by atoms with Crippen molar-refractivity contribution in [1.29, 1.82) is 0 Å². The molecule has 1 aliphatic heterocycles. The molecule has 1 amide bonds. The average Bonchev–Trinajstić information content (AvgIpc) is 3.22. The number of aromatic nitrogens is 3. The topological polar surface area (TPSA) is 72.3 Å². The van der Waals surface area contributed by atoms with E-state index in [1.807, 2.05) is 7.05 Å². The highest BCUT2D eigenvalue weighted by molar-refractivity contribution is 5.98. The lowest BCUT2D eigenvalue weighted by atomic mass is 10.1. The first-order chi connectivity index (χ1) is 16.3. The van der Waals surface area contributed by atoms with Crippen LogP contribution in [0.2, 0.25) is 0 Å². The van der Waals surface area contributed by atoms with Crippen LogP contribution in [-0.4, -0.2) is 39.1 Å².